The summed E-state index contributed by atoms with van der Waals surface area (Å²) in [5.74, 6) is 2.30. The lowest BCUT2D eigenvalue weighted by atomic mass is 10.0. The molecule has 1 N–H and O–H groups in total. The number of benzene rings is 1. The van der Waals surface area contributed by atoms with Crippen molar-refractivity contribution in [1.82, 2.24) is 5.32 Å². The highest BCUT2D eigenvalue weighted by molar-refractivity contribution is 7.99. The Morgan fingerprint density at radius 3 is 2.84 bits per heavy atom. The minimum Gasteiger partial charge on any atom is -0.310 e. The van der Waals surface area contributed by atoms with Gasteiger partial charge in [0.1, 0.15) is 0 Å². The molecule has 3 rings (SSSR count). The van der Waals surface area contributed by atoms with Crippen molar-refractivity contribution in [3.8, 4) is 0 Å². The Morgan fingerprint density at radius 1 is 1.11 bits per heavy atom. The van der Waals surface area contributed by atoms with E-state index >= 15 is 0 Å². The molecule has 1 nitrogen and oxygen atoms in total. The van der Waals surface area contributed by atoms with Crippen LogP contribution in [0.5, 0.6) is 0 Å². The zero-order valence-electron chi connectivity index (χ0n) is 11.7. The van der Waals surface area contributed by atoms with Crippen LogP contribution in [0.3, 0.4) is 0 Å². The van der Waals surface area contributed by atoms with Crippen LogP contribution in [0.1, 0.15) is 56.6 Å². The van der Waals surface area contributed by atoms with Crippen LogP contribution < -0.4 is 5.32 Å². The number of nitrogens with one attached hydrogen (secondary N) is 1. The molecule has 0 radical (unpaired) electrons. The first-order valence-electron chi connectivity index (χ1n) is 7.88. The van der Waals surface area contributed by atoms with Gasteiger partial charge in [0.2, 0.25) is 0 Å². The molecule has 0 spiro atoms. The van der Waals surface area contributed by atoms with Crippen molar-refractivity contribution in [2.45, 2.75) is 55.9 Å². The maximum atomic E-state index is 3.79. The van der Waals surface area contributed by atoms with Gasteiger partial charge in [0.25, 0.3) is 0 Å². The SMILES string of the molecule is c1ccc2c(c1)SCCC2NCCCC1CCCC1. The molecule has 1 aromatic carbocycles. The zero-order valence-corrected chi connectivity index (χ0v) is 12.6. The van der Waals surface area contributed by atoms with Gasteiger partial charge in [-0.05, 0) is 49.1 Å². The van der Waals surface area contributed by atoms with Crippen molar-refractivity contribution >= 4 is 11.8 Å². The summed E-state index contributed by atoms with van der Waals surface area (Å²) in [6, 6.07) is 9.51. The Balaban J connectivity index is 1.45. The first kappa shape index (κ1) is 13.5. The van der Waals surface area contributed by atoms with Gasteiger partial charge in [0.15, 0.2) is 0 Å². The first-order valence-corrected chi connectivity index (χ1v) is 8.87. The molecule has 1 saturated carbocycles. The highest BCUT2D eigenvalue weighted by atomic mass is 32.2. The van der Waals surface area contributed by atoms with Gasteiger partial charge < -0.3 is 5.32 Å². The number of thioether (sulfide) groups is 1. The van der Waals surface area contributed by atoms with Crippen LogP contribution in [0.4, 0.5) is 0 Å². The van der Waals surface area contributed by atoms with E-state index in [0.29, 0.717) is 6.04 Å². The van der Waals surface area contributed by atoms with Gasteiger partial charge in [0, 0.05) is 10.9 Å². The molecular formula is C17H25NS. The Bertz CT molecular complexity index is 398. The normalized spacial score (nSPS) is 23.5. The van der Waals surface area contributed by atoms with Crippen molar-refractivity contribution in [2.24, 2.45) is 5.92 Å². The van der Waals surface area contributed by atoms with E-state index in [1.807, 2.05) is 11.8 Å². The number of fused-ring (bicyclic) bond motifs is 1. The molecule has 0 bridgehead atoms. The van der Waals surface area contributed by atoms with E-state index in [9.17, 15) is 0 Å². The average molecular weight is 275 g/mol. The molecule has 2 aliphatic rings. The molecular weight excluding hydrogens is 250 g/mol. The second kappa shape index (κ2) is 6.81. The van der Waals surface area contributed by atoms with Crippen molar-refractivity contribution in [3.63, 3.8) is 0 Å². The maximum absolute atomic E-state index is 3.79. The molecule has 19 heavy (non-hydrogen) atoms. The fourth-order valence-electron chi connectivity index (χ4n) is 3.52. The fraction of sp³-hybridized carbons (Fsp3) is 0.647. The van der Waals surface area contributed by atoms with Gasteiger partial charge >= 0.3 is 0 Å². The van der Waals surface area contributed by atoms with Crippen molar-refractivity contribution in [2.75, 3.05) is 12.3 Å². The highest BCUT2D eigenvalue weighted by Gasteiger charge is 2.19. The smallest absolute Gasteiger partial charge is 0.0339 e. The van der Waals surface area contributed by atoms with E-state index < -0.39 is 0 Å². The quantitative estimate of drug-likeness (QED) is 0.776. The molecule has 2 heteroatoms. The molecule has 1 fully saturated rings. The predicted octanol–water partition coefficient (Wildman–Crippen LogP) is 4.78. The van der Waals surface area contributed by atoms with E-state index in [0.717, 1.165) is 5.92 Å². The zero-order chi connectivity index (χ0) is 12.9. The Kier molecular flexibility index (Phi) is 4.84. The summed E-state index contributed by atoms with van der Waals surface area (Å²) >= 11 is 2.01. The van der Waals surface area contributed by atoms with Crippen LogP contribution >= 0.6 is 11.8 Å². The number of hydrogen-bond acceptors (Lipinski definition) is 2. The lowest BCUT2D eigenvalue weighted by Crippen LogP contribution is -2.25. The molecule has 1 aromatic rings. The van der Waals surface area contributed by atoms with Crippen molar-refractivity contribution in [3.05, 3.63) is 29.8 Å². The Hall–Kier alpha value is -0.470. The molecule has 0 aromatic heterocycles. The summed E-state index contributed by atoms with van der Waals surface area (Å²) in [5, 5.41) is 3.79. The van der Waals surface area contributed by atoms with E-state index in [4.69, 9.17) is 0 Å². The monoisotopic (exact) mass is 275 g/mol. The van der Waals surface area contributed by atoms with Crippen LogP contribution in [-0.4, -0.2) is 12.3 Å². The van der Waals surface area contributed by atoms with Gasteiger partial charge in [-0.25, -0.2) is 0 Å². The lowest BCUT2D eigenvalue weighted by molar-refractivity contribution is 0.441. The van der Waals surface area contributed by atoms with E-state index in [2.05, 4.69) is 29.6 Å². The molecule has 1 aliphatic carbocycles. The second-order valence-corrected chi connectivity index (χ2v) is 7.11. The molecule has 1 atom stereocenters. The lowest BCUT2D eigenvalue weighted by Gasteiger charge is -2.26. The Labute approximate surface area is 121 Å². The van der Waals surface area contributed by atoms with Crippen LogP contribution in [0.25, 0.3) is 0 Å². The largest absolute Gasteiger partial charge is 0.310 e. The average Bonchev–Trinajstić information content (AvgIpc) is 2.97. The molecule has 104 valence electrons. The van der Waals surface area contributed by atoms with Crippen LogP contribution in [0, 0.1) is 5.92 Å². The van der Waals surface area contributed by atoms with Gasteiger partial charge in [-0.1, -0.05) is 43.9 Å². The molecule has 1 aliphatic heterocycles. The maximum Gasteiger partial charge on any atom is 0.0339 e. The minimum absolute atomic E-state index is 0.598. The summed E-state index contributed by atoms with van der Waals surface area (Å²) in [7, 11) is 0. The first-order chi connectivity index (χ1) is 9.43. The van der Waals surface area contributed by atoms with Crippen LogP contribution in [0.2, 0.25) is 0 Å². The fourth-order valence-corrected chi connectivity index (χ4v) is 4.65. The summed E-state index contributed by atoms with van der Waals surface area (Å²) < 4.78 is 0. The summed E-state index contributed by atoms with van der Waals surface area (Å²) in [6.45, 7) is 1.19. The molecule has 0 amide bonds. The highest BCUT2D eigenvalue weighted by Crippen LogP contribution is 2.35. The molecule has 0 saturated heterocycles. The predicted molar refractivity (Wildman–Crippen MR) is 83.7 cm³/mol. The molecule has 1 unspecified atom stereocenters. The van der Waals surface area contributed by atoms with Gasteiger partial charge in [-0.3, -0.25) is 0 Å². The van der Waals surface area contributed by atoms with Crippen molar-refractivity contribution in [1.29, 1.82) is 0 Å². The van der Waals surface area contributed by atoms with E-state index in [-0.39, 0.29) is 0 Å². The summed E-state index contributed by atoms with van der Waals surface area (Å²) in [6.07, 6.45) is 10.0. The minimum atomic E-state index is 0.598. The van der Waals surface area contributed by atoms with Gasteiger partial charge in [-0.15, -0.1) is 11.8 Å². The van der Waals surface area contributed by atoms with Crippen LogP contribution in [0.15, 0.2) is 29.2 Å². The third-order valence-corrected chi connectivity index (χ3v) is 5.74. The number of hydrogen-bond donors (Lipinski definition) is 1. The molecule has 1 heterocycles. The third kappa shape index (κ3) is 3.55. The number of rotatable bonds is 5. The summed E-state index contributed by atoms with van der Waals surface area (Å²) in [5.41, 5.74) is 1.53. The third-order valence-electron chi connectivity index (χ3n) is 4.61. The van der Waals surface area contributed by atoms with E-state index in [1.165, 1.54) is 67.7 Å². The van der Waals surface area contributed by atoms with Crippen molar-refractivity contribution < 1.29 is 0 Å². The standard InChI is InChI=1S/C17H25NS/c1-2-7-14(6-1)8-5-12-18-16-11-13-19-17-10-4-3-9-15(16)17/h3-4,9-10,14,16,18H,1-2,5-8,11-13H2. The second-order valence-electron chi connectivity index (χ2n) is 5.97. The summed E-state index contributed by atoms with van der Waals surface area (Å²) in [4.78, 5) is 1.49. The van der Waals surface area contributed by atoms with Gasteiger partial charge in [0.05, 0.1) is 0 Å². The van der Waals surface area contributed by atoms with Crippen LogP contribution in [-0.2, 0) is 0 Å². The van der Waals surface area contributed by atoms with E-state index in [1.54, 1.807) is 0 Å². The Morgan fingerprint density at radius 2 is 1.95 bits per heavy atom. The van der Waals surface area contributed by atoms with Gasteiger partial charge in [-0.2, -0.15) is 0 Å². The topological polar surface area (TPSA) is 12.0 Å².